The summed E-state index contributed by atoms with van der Waals surface area (Å²) in [5.74, 6) is 1.31. The molecule has 1 aromatic heterocycles. The summed E-state index contributed by atoms with van der Waals surface area (Å²) in [5.41, 5.74) is 4.97. The zero-order valence-electron chi connectivity index (χ0n) is 20.6. The minimum absolute atomic E-state index is 0.311. The first-order chi connectivity index (χ1) is 15.4. The molecule has 1 fully saturated rings. The Balaban J connectivity index is 1.67. The van der Waals surface area contributed by atoms with Crippen molar-refractivity contribution in [1.82, 2.24) is 24.9 Å². The molecule has 1 aliphatic rings. The van der Waals surface area contributed by atoms with Gasteiger partial charge in [0.2, 0.25) is 0 Å². The Bertz CT molecular complexity index is 890. The maximum atomic E-state index is 5.67. The predicted molar refractivity (Wildman–Crippen MR) is 131 cm³/mol. The zero-order valence-corrected chi connectivity index (χ0v) is 20.6. The predicted octanol–water partition coefficient (Wildman–Crippen LogP) is 3.36. The number of hydrogen-bond acceptors (Lipinski definition) is 4. The van der Waals surface area contributed by atoms with E-state index in [2.05, 4.69) is 85.4 Å². The summed E-state index contributed by atoms with van der Waals surface area (Å²) in [6, 6.07) is 8.80. The van der Waals surface area contributed by atoms with E-state index in [1.807, 2.05) is 11.7 Å². The second kappa shape index (κ2) is 11.5. The van der Waals surface area contributed by atoms with Gasteiger partial charge in [0.25, 0.3) is 0 Å². The lowest BCUT2D eigenvalue weighted by atomic mass is 10.1. The van der Waals surface area contributed by atoms with Crippen molar-refractivity contribution in [3.8, 4) is 0 Å². The number of aliphatic imine (C=N–C) groups is 1. The molecule has 2 heterocycles. The van der Waals surface area contributed by atoms with Gasteiger partial charge in [-0.15, -0.1) is 0 Å². The molecule has 1 unspecified atom stereocenters. The summed E-state index contributed by atoms with van der Waals surface area (Å²) in [6.45, 7) is 14.7. The number of ether oxygens (including phenoxy) is 1. The molecule has 0 bridgehead atoms. The van der Waals surface area contributed by atoms with Gasteiger partial charge in [-0.25, -0.2) is 4.99 Å². The largest absolute Gasteiger partial charge is 0.376 e. The SMILES string of the molecule is CCNC(=NCc1cccc(CN2CCOC(C)C2)c1)N(C)Cc1cn(C)nc1C(C)C. The standard InChI is InChI=1S/C25H40N6O/c1-7-26-25(29(5)17-23-18-30(6)28-24(23)19(2)3)27-14-21-9-8-10-22(13-21)16-31-11-12-32-20(4)15-31/h8-10,13,18-20H,7,11-12,14-17H2,1-6H3,(H,26,27). The van der Waals surface area contributed by atoms with Crippen LogP contribution in [0.25, 0.3) is 0 Å². The van der Waals surface area contributed by atoms with E-state index >= 15 is 0 Å². The highest BCUT2D eigenvalue weighted by atomic mass is 16.5. The minimum atomic E-state index is 0.311. The lowest BCUT2D eigenvalue weighted by Crippen LogP contribution is -2.40. The van der Waals surface area contributed by atoms with Crippen molar-refractivity contribution in [3.05, 3.63) is 52.8 Å². The van der Waals surface area contributed by atoms with Crippen LogP contribution in [0.5, 0.6) is 0 Å². The molecule has 1 N–H and O–H groups in total. The fourth-order valence-electron chi connectivity index (χ4n) is 4.25. The molecule has 0 aliphatic carbocycles. The molecule has 1 saturated heterocycles. The van der Waals surface area contributed by atoms with Crippen LogP contribution in [-0.2, 0) is 31.4 Å². The van der Waals surface area contributed by atoms with Gasteiger partial charge >= 0.3 is 0 Å². The Morgan fingerprint density at radius 3 is 2.84 bits per heavy atom. The Kier molecular flexibility index (Phi) is 8.70. The number of aryl methyl sites for hydroxylation is 1. The molecule has 7 heteroatoms. The van der Waals surface area contributed by atoms with E-state index < -0.39 is 0 Å². The highest BCUT2D eigenvalue weighted by Gasteiger charge is 2.17. The van der Waals surface area contributed by atoms with E-state index in [0.29, 0.717) is 18.6 Å². The fourth-order valence-corrected chi connectivity index (χ4v) is 4.25. The molecule has 7 nitrogen and oxygen atoms in total. The van der Waals surface area contributed by atoms with Gasteiger partial charge in [-0.05, 0) is 30.9 Å². The first-order valence-corrected chi connectivity index (χ1v) is 11.8. The van der Waals surface area contributed by atoms with Gasteiger partial charge in [-0.3, -0.25) is 9.58 Å². The zero-order chi connectivity index (χ0) is 23.1. The number of morpholine rings is 1. The van der Waals surface area contributed by atoms with Crippen molar-refractivity contribution in [2.24, 2.45) is 12.0 Å². The Hall–Kier alpha value is -2.38. The van der Waals surface area contributed by atoms with Gasteiger partial charge in [0.1, 0.15) is 0 Å². The average molecular weight is 441 g/mol. The summed E-state index contributed by atoms with van der Waals surface area (Å²) in [4.78, 5) is 9.58. The number of hydrogen-bond donors (Lipinski definition) is 1. The highest BCUT2D eigenvalue weighted by Crippen LogP contribution is 2.19. The second-order valence-corrected chi connectivity index (χ2v) is 9.13. The first-order valence-electron chi connectivity index (χ1n) is 11.8. The van der Waals surface area contributed by atoms with Crippen LogP contribution in [0, 0.1) is 0 Å². The summed E-state index contributed by atoms with van der Waals surface area (Å²) in [6.07, 6.45) is 2.43. The van der Waals surface area contributed by atoms with Crippen molar-refractivity contribution in [2.75, 3.05) is 33.3 Å². The third-order valence-electron chi connectivity index (χ3n) is 5.72. The monoisotopic (exact) mass is 440 g/mol. The van der Waals surface area contributed by atoms with E-state index in [-0.39, 0.29) is 0 Å². The number of rotatable bonds is 8. The lowest BCUT2D eigenvalue weighted by Gasteiger charge is -2.31. The van der Waals surface area contributed by atoms with Crippen molar-refractivity contribution in [1.29, 1.82) is 0 Å². The third kappa shape index (κ3) is 6.81. The molecule has 0 saturated carbocycles. The van der Waals surface area contributed by atoms with Gasteiger partial charge in [-0.1, -0.05) is 38.1 Å². The van der Waals surface area contributed by atoms with Gasteiger partial charge in [0, 0.05) is 58.6 Å². The fraction of sp³-hybridized carbons (Fsp3) is 0.600. The quantitative estimate of drug-likeness (QED) is 0.504. The first kappa shape index (κ1) is 24.3. The van der Waals surface area contributed by atoms with Crippen molar-refractivity contribution in [3.63, 3.8) is 0 Å². The molecule has 0 amide bonds. The van der Waals surface area contributed by atoms with Crippen molar-refractivity contribution < 1.29 is 4.74 Å². The van der Waals surface area contributed by atoms with Crippen LogP contribution < -0.4 is 5.32 Å². The molecule has 0 radical (unpaired) electrons. The van der Waals surface area contributed by atoms with Crippen molar-refractivity contribution >= 4 is 5.96 Å². The van der Waals surface area contributed by atoms with Crippen LogP contribution in [-0.4, -0.2) is 64.9 Å². The van der Waals surface area contributed by atoms with Crippen LogP contribution in [0.15, 0.2) is 35.5 Å². The van der Waals surface area contributed by atoms with Gasteiger partial charge < -0.3 is 15.0 Å². The molecule has 2 aromatic rings. The number of guanidine groups is 1. The summed E-state index contributed by atoms with van der Waals surface area (Å²) < 4.78 is 7.57. The van der Waals surface area contributed by atoms with E-state index in [1.54, 1.807) is 0 Å². The van der Waals surface area contributed by atoms with E-state index in [0.717, 1.165) is 51.0 Å². The molecule has 1 aliphatic heterocycles. The molecule has 32 heavy (non-hydrogen) atoms. The smallest absolute Gasteiger partial charge is 0.194 e. The Labute approximate surface area is 193 Å². The van der Waals surface area contributed by atoms with Crippen LogP contribution in [0.4, 0.5) is 0 Å². The minimum Gasteiger partial charge on any atom is -0.376 e. The normalized spacial score (nSPS) is 17.7. The van der Waals surface area contributed by atoms with Gasteiger partial charge in [0.05, 0.1) is 24.9 Å². The molecule has 3 rings (SSSR count). The molecular formula is C25H40N6O. The molecule has 0 spiro atoms. The van der Waals surface area contributed by atoms with Gasteiger partial charge in [0.15, 0.2) is 5.96 Å². The van der Waals surface area contributed by atoms with Crippen molar-refractivity contribution in [2.45, 2.75) is 59.4 Å². The summed E-state index contributed by atoms with van der Waals surface area (Å²) in [5, 5.41) is 8.08. The topological polar surface area (TPSA) is 57.9 Å². The molecular weight excluding hydrogens is 400 g/mol. The number of nitrogens with zero attached hydrogens (tertiary/aromatic N) is 5. The number of nitrogens with one attached hydrogen (secondary N) is 1. The van der Waals surface area contributed by atoms with Crippen LogP contribution in [0.1, 0.15) is 56.0 Å². The summed E-state index contributed by atoms with van der Waals surface area (Å²) >= 11 is 0. The van der Waals surface area contributed by atoms with E-state index in [4.69, 9.17) is 9.73 Å². The molecule has 1 aromatic carbocycles. The van der Waals surface area contributed by atoms with E-state index in [9.17, 15) is 0 Å². The van der Waals surface area contributed by atoms with Crippen LogP contribution in [0.2, 0.25) is 0 Å². The Morgan fingerprint density at radius 2 is 2.12 bits per heavy atom. The van der Waals surface area contributed by atoms with E-state index in [1.165, 1.54) is 16.7 Å². The van der Waals surface area contributed by atoms with Gasteiger partial charge in [-0.2, -0.15) is 5.10 Å². The van der Waals surface area contributed by atoms with Crippen LogP contribution in [0.3, 0.4) is 0 Å². The number of benzene rings is 1. The Morgan fingerprint density at radius 1 is 1.34 bits per heavy atom. The second-order valence-electron chi connectivity index (χ2n) is 9.13. The van der Waals surface area contributed by atoms with Crippen LogP contribution >= 0.6 is 0 Å². The molecule has 176 valence electrons. The maximum absolute atomic E-state index is 5.67. The molecule has 1 atom stereocenters. The third-order valence-corrected chi connectivity index (χ3v) is 5.72. The number of aromatic nitrogens is 2. The maximum Gasteiger partial charge on any atom is 0.194 e. The lowest BCUT2D eigenvalue weighted by molar-refractivity contribution is -0.0212. The highest BCUT2D eigenvalue weighted by molar-refractivity contribution is 5.79. The summed E-state index contributed by atoms with van der Waals surface area (Å²) in [7, 11) is 4.08. The average Bonchev–Trinajstić information content (AvgIpc) is 3.11.